The Kier molecular flexibility index (Phi) is 5.01. The van der Waals surface area contributed by atoms with E-state index in [1.807, 2.05) is 0 Å². The molecule has 112 valence electrons. The first kappa shape index (κ1) is 16.4. The molecule has 0 unspecified atom stereocenters. The van der Waals surface area contributed by atoms with Crippen LogP contribution in [0.15, 0.2) is 41.3 Å². The molecule has 0 saturated heterocycles. The van der Waals surface area contributed by atoms with E-state index in [0.717, 1.165) is 0 Å². The van der Waals surface area contributed by atoms with Crippen LogP contribution in [0.1, 0.15) is 5.56 Å². The van der Waals surface area contributed by atoms with E-state index in [9.17, 15) is 8.42 Å². The van der Waals surface area contributed by atoms with E-state index >= 15 is 0 Å². The Bertz CT molecular complexity index is 734. The van der Waals surface area contributed by atoms with Crippen molar-refractivity contribution >= 4 is 44.9 Å². The van der Waals surface area contributed by atoms with Crippen molar-refractivity contribution in [2.24, 2.45) is 0 Å². The monoisotopic (exact) mass is 366 g/mol. The van der Waals surface area contributed by atoms with Gasteiger partial charge in [-0.2, -0.15) is 8.42 Å². The maximum atomic E-state index is 12.1. The number of hydrogen-bond acceptors (Lipinski definition) is 4. The highest BCUT2D eigenvalue weighted by Crippen LogP contribution is 2.36. The van der Waals surface area contributed by atoms with Crippen LogP contribution < -0.4 is 4.18 Å². The zero-order valence-corrected chi connectivity index (χ0v) is 13.5. The Hall–Kier alpha value is -0.980. The number of halogens is 3. The van der Waals surface area contributed by atoms with Crippen molar-refractivity contribution in [2.45, 2.75) is 11.5 Å². The molecule has 0 heterocycles. The molecule has 0 radical (unpaired) electrons. The predicted molar refractivity (Wildman–Crippen MR) is 81.7 cm³/mol. The van der Waals surface area contributed by atoms with Gasteiger partial charge >= 0.3 is 10.1 Å². The van der Waals surface area contributed by atoms with E-state index in [0.29, 0.717) is 10.6 Å². The van der Waals surface area contributed by atoms with Crippen molar-refractivity contribution in [3.05, 3.63) is 57.0 Å². The second kappa shape index (κ2) is 6.42. The molecule has 2 aromatic carbocycles. The van der Waals surface area contributed by atoms with Gasteiger partial charge in [0.1, 0.15) is 4.90 Å². The molecule has 21 heavy (non-hydrogen) atoms. The quantitative estimate of drug-likeness (QED) is 0.832. The number of aliphatic hydroxyl groups is 1. The summed E-state index contributed by atoms with van der Waals surface area (Å²) in [4.78, 5) is -0.0785. The van der Waals surface area contributed by atoms with Gasteiger partial charge in [-0.3, -0.25) is 0 Å². The van der Waals surface area contributed by atoms with Crippen molar-refractivity contribution in [1.82, 2.24) is 0 Å². The molecule has 1 N–H and O–H groups in total. The molecule has 0 bridgehead atoms. The first-order valence-electron chi connectivity index (χ1n) is 5.62. The molecule has 2 rings (SSSR count). The summed E-state index contributed by atoms with van der Waals surface area (Å²) >= 11 is 17.6. The lowest BCUT2D eigenvalue weighted by Crippen LogP contribution is -2.10. The van der Waals surface area contributed by atoms with E-state index in [1.165, 1.54) is 36.4 Å². The highest BCUT2D eigenvalue weighted by Gasteiger charge is 2.21. The minimum atomic E-state index is -4.08. The summed E-state index contributed by atoms with van der Waals surface area (Å²) in [7, 11) is -4.08. The third-order valence-electron chi connectivity index (χ3n) is 2.54. The fourth-order valence-electron chi connectivity index (χ4n) is 1.54. The van der Waals surface area contributed by atoms with Gasteiger partial charge in [0.2, 0.25) is 0 Å². The predicted octanol–water partition coefficient (Wildman–Crippen LogP) is 3.91. The largest absolute Gasteiger partial charge is 0.392 e. The molecule has 0 fully saturated rings. The molecule has 0 aliphatic rings. The first-order valence-corrected chi connectivity index (χ1v) is 8.16. The summed E-state index contributed by atoms with van der Waals surface area (Å²) in [6.45, 7) is -0.274. The molecule has 0 spiro atoms. The van der Waals surface area contributed by atoms with Gasteiger partial charge in [-0.15, -0.1) is 0 Å². The topological polar surface area (TPSA) is 63.6 Å². The molecule has 0 atom stereocenters. The van der Waals surface area contributed by atoms with Crippen molar-refractivity contribution in [3.63, 3.8) is 0 Å². The van der Waals surface area contributed by atoms with Gasteiger partial charge in [0.25, 0.3) is 0 Å². The third-order valence-corrected chi connectivity index (χ3v) is 4.59. The molecule has 0 aliphatic heterocycles. The van der Waals surface area contributed by atoms with Crippen LogP contribution in [0.2, 0.25) is 15.1 Å². The van der Waals surface area contributed by atoms with Crippen LogP contribution >= 0.6 is 34.8 Å². The van der Waals surface area contributed by atoms with Crippen LogP contribution in [-0.2, 0) is 16.7 Å². The normalized spacial score (nSPS) is 11.4. The van der Waals surface area contributed by atoms with E-state index in [1.54, 1.807) is 0 Å². The van der Waals surface area contributed by atoms with Crippen molar-refractivity contribution in [3.8, 4) is 5.75 Å². The van der Waals surface area contributed by atoms with E-state index < -0.39 is 10.1 Å². The van der Waals surface area contributed by atoms with Crippen LogP contribution in [0, 0.1) is 0 Å². The smallest absolute Gasteiger partial charge is 0.339 e. The maximum Gasteiger partial charge on any atom is 0.339 e. The number of aliphatic hydroxyl groups excluding tert-OH is 1. The summed E-state index contributed by atoms with van der Waals surface area (Å²) in [5.74, 6) is -0.189. The van der Waals surface area contributed by atoms with Crippen LogP contribution in [0.3, 0.4) is 0 Å². The molecule has 0 aromatic heterocycles. The van der Waals surface area contributed by atoms with Crippen LogP contribution in [-0.4, -0.2) is 13.5 Å². The zero-order valence-electron chi connectivity index (χ0n) is 10.4. The van der Waals surface area contributed by atoms with E-state index in [-0.39, 0.29) is 27.3 Å². The molecular weight excluding hydrogens is 359 g/mol. The summed E-state index contributed by atoms with van der Waals surface area (Å²) in [5.41, 5.74) is 0.446. The fraction of sp³-hybridized carbons (Fsp3) is 0.0769. The van der Waals surface area contributed by atoms with Gasteiger partial charge in [-0.25, -0.2) is 0 Å². The van der Waals surface area contributed by atoms with Gasteiger partial charge in [-0.05, 0) is 42.0 Å². The molecule has 2 aromatic rings. The van der Waals surface area contributed by atoms with Gasteiger partial charge < -0.3 is 9.29 Å². The highest BCUT2D eigenvalue weighted by molar-refractivity contribution is 7.87. The lowest BCUT2D eigenvalue weighted by molar-refractivity contribution is 0.282. The SMILES string of the molecule is O=S(=O)(Oc1c(Cl)cc(CO)cc1Cl)c1ccc(Cl)cc1. The number of rotatable bonds is 4. The van der Waals surface area contributed by atoms with Crippen LogP contribution in [0.25, 0.3) is 0 Å². The Balaban J connectivity index is 2.39. The summed E-state index contributed by atoms with van der Waals surface area (Å²) in [5, 5.41) is 9.41. The summed E-state index contributed by atoms with van der Waals surface area (Å²) < 4.78 is 29.3. The summed E-state index contributed by atoms with van der Waals surface area (Å²) in [6.07, 6.45) is 0. The highest BCUT2D eigenvalue weighted by atomic mass is 35.5. The second-order valence-electron chi connectivity index (χ2n) is 4.04. The Morgan fingerprint density at radius 3 is 2.00 bits per heavy atom. The Morgan fingerprint density at radius 1 is 1.00 bits per heavy atom. The van der Waals surface area contributed by atoms with Crippen LogP contribution in [0.4, 0.5) is 0 Å². The number of hydrogen-bond donors (Lipinski definition) is 1. The minimum absolute atomic E-state index is 0.0101. The lowest BCUT2D eigenvalue weighted by Gasteiger charge is -2.11. The van der Waals surface area contributed by atoms with Crippen molar-refractivity contribution in [2.75, 3.05) is 0 Å². The standard InChI is InChI=1S/C13H9Cl3O4S/c14-9-1-3-10(4-2-9)21(18,19)20-13-11(15)5-8(7-17)6-12(13)16/h1-6,17H,7H2. The van der Waals surface area contributed by atoms with Gasteiger partial charge in [-0.1, -0.05) is 34.8 Å². The van der Waals surface area contributed by atoms with E-state index in [2.05, 4.69) is 0 Å². The molecule has 0 aliphatic carbocycles. The third kappa shape index (κ3) is 3.81. The van der Waals surface area contributed by atoms with Gasteiger partial charge in [0.05, 0.1) is 16.7 Å². The summed E-state index contributed by atoms with van der Waals surface area (Å²) in [6, 6.07) is 8.22. The lowest BCUT2D eigenvalue weighted by atomic mass is 10.2. The van der Waals surface area contributed by atoms with E-state index in [4.69, 9.17) is 44.1 Å². The average Bonchev–Trinajstić information content (AvgIpc) is 2.43. The first-order chi connectivity index (χ1) is 9.83. The molecule has 0 saturated carbocycles. The molecule has 4 nitrogen and oxygen atoms in total. The van der Waals surface area contributed by atoms with Gasteiger partial charge in [0, 0.05) is 5.02 Å². The Labute approximate surface area is 137 Å². The minimum Gasteiger partial charge on any atom is -0.392 e. The zero-order chi connectivity index (χ0) is 15.6. The fourth-order valence-corrected chi connectivity index (χ4v) is 3.33. The van der Waals surface area contributed by atoms with Crippen molar-refractivity contribution in [1.29, 1.82) is 0 Å². The molecule has 0 amide bonds. The van der Waals surface area contributed by atoms with Gasteiger partial charge in [0.15, 0.2) is 5.75 Å². The van der Waals surface area contributed by atoms with Crippen molar-refractivity contribution < 1.29 is 17.7 Å². The maximum absolute atomic E-state index is 12.1. The molecule has 8 heteroatoms. The second-order valence-corrected chi connectivity index (χ2v) is 6.84. The number of benzene rings is 2. The Morgan fingerprint density at radius 2 is 1.52 bits per heavy atom. The molecular formula is C13H9Cl3O4S. The van der Waals surface area contributed by atoms with Crippen LogP contribution in [0.5, 0.6) is 5.75 Å². The average molecular weight is 368 g/mol.